The number of halogens is 1. The molecule has 2 N–H and O–H groups in total. The van der Waals surface area contributed by atoms with Crippen LogP contribution in [0.25, 0.3) is 0 Å². The summed E-state index contributed by atoms with van der Waals surface area (Å²) in [4.78, 5) is 7.25. The summed E-state index contributed by atoms with van der Waals surface area (Å²) >= 11 is 0. The van der Waals surface area contributed by atoms with Crippen LogP contribution in [0.4, 0.5) is 5.69 Å². The van der Waals surface area contributed by atoms with Gasteiger partial charge in [-0.2, -0.15) is 0 Å². The minimum Gasteiger partial charge on any atom is -0.497 e. The number of benzene rings is 1. The molecule has 1 aromatic rings. The third-order valence-electron chi connectivity index (χ3n) is 5.36. The van der Waals surface area contributed by atoms with Crippen molar-refractivity contribution in [2.75, 3.05) is 57.9 Å². The van der Waals surface area contributed by atoms with Crippen LogP contribution in [0.5, 0.6) is 5.75 Å². The smallest absolute Gasteiger partial charge is 0.191 e. The van der Waals surface area contributed by atoms with Crippen LogP contribution in [-0.2, 0) is 4.74 Å². The van der Waals surface area contributed by atoms with Crippen molar-refractivity contribution in [2.45, 2.75) is 32.6 Å². The molecular formula is C22H37IN4O2. The molecule has 1 atom stereocenters. The van der Waals surface area contributed by atoms with Gasteiger partial charge in [0.05, 0.1) is 7.11 Å². The highest BCUT2D eigenvalue weighted by Crippen LogP contribution is 2.29. The highest BCUT2D eigenvalue weighted by atomic mass is 127. The van der Waals surface area contributed by atoms with Gasteiger partial charge in [-0.05, 0) is 56.6 Å². The largest absolute Gasteiger partial charge is 0.497 e. The molecule has 0 spiro atoms. The number of nitrogens with one attached hydrogen (secondary N) is 2. The molecule has 0 aromatic heterocycles. The van der Waals surface area contributed by atoms with E-state index in [2.05, 4.69) is 40.7 Å². The second-order valence-corrected chi connectivity index (χ2v) is 7.82. The molecule has 0 amide bonds. The first kappa shape index (κ1) is 24.1. The van der Waals surface area contributed by atoms with Gasteiger partial charge in [-0.15, -0.1) is 24.0 Å². The molecule has 2 fully saturated rings. The summed E-state index contributed by atoms with van der Waals surface area (Å²) in [6, 6.07) is 8.32. The summed E-state index contributed by atoms with van der Waals surface area (Å²) in [7, 11) is 1.72. The molecule has 0 radical (unpaired) electrons. The lowest BCUT2D eigenvalue weighted by molar-refractivity contribution is 0.123. The maximum absolute atomic E-state index is 5.70. The number of ether oxygens (including phenoxy) is 2. The van der Waals surface area contributed by atoms with E-state index in [9.17, 15) is 0 Å². The topological polar surface area (TPSA) is 58.1 Å². The van der Waals surface area contributed by atoms with Crippen molar-refractivity contribution in [1.29, 1.82) is 0 Å². The van der Waals surface area contributed by atoms with Gasteiger partial charge in [-0.1, -0.05) is 6.07 Å². The van der Waals surface area contributed by atoms with Crippen LogP contribution < -0.4 is 20.3 Å². The van der Waals surface area contributed by atoms with Crippen LogP contribution in [0.1, 0.15) is 32.6 Å². The van der Waals surface area contributed by atoms with E-state index < -0.39 is 0 Å². The van der Waals surface area contributed by atoms with Crippen LogP contribution in [0.2, 0.25) is 0 Å². The summed E-state index contributed by atoms with van der Waals surface area (Å²) < 4.78 is 11.0. The van der Waals surface area contributed by atoms with Gasteiger partial charge in [0.2, 0.25) is 0 Å². The SMILES string of the molecule is CCNC(=NCC1CCN(c2cccc(OC)c2)C1)NCCCOCC1CC1.I. The fraction of sp³-hybridized carbons (Fsp3) is 0.682. The standard InChI is InChI=1S/C22H36N4O2.HI/c1-3-23-22(24-11-5-13-28-17-18-8-9-18)25-15-19-10-12-26(16-19)20-6-4-7-21(14-20)27-2;/h4,6-7,14,18-19H,3,5,8-13,15-17H2,1-2H3,(H2,23,24,25);1H. The summed E-state index contributed by atoms with van der Waals surface area (Å²) in [5.74, 6) is 3.27. The lowest BCUT2D eigenvalue weighted by Gasteiger charge is -2.19. The van der Waals surface area contributed by atoms with Crippen LogP contribution in [0.15, 0.2) is 29.3 Å². The van der Waals surface area contributed by atoms with Gasteiger partial charge in [-0.3, -0.25) is 4.99 Å². The Balaban J connectivity index is 0.00000300. The van der Waals surface area contributed by atoms with Gasteiger partial charge >= 0.3 is 0 Å². The Labute approximate surface area is 192 Å². The Morgan fingerprint density at radius 3 is 2.83 bits per heavy atom. The molecule has 7 heteroatoms. The minimum atomic E-state index is 0. The number of anilines is 1. The number of nitrogens with zero attached hydrogens (tertiary/aromatic N) is 2. The molecule has 1 aromatic carbocycles. The third-order valence-corrected chi connectivity index (χ3v) is 5.36. The zero-order chi connectivity index (χ0) is 19.6. The van der Waals surface area contributed by atoms with E-state index in [-0.39, 0.29) is 24.0 Å². The van der Waals surface area contributed by atoms with Crippen LogP contribution in [-0.4, -0.2) is 59.0 Å². The molecule has 1 unspecified atom stereocenters. The van der Waals surface area contributed by atoms with Crippen LogP contribution >= 0.6 is 24.0 Å². The summed E-state index contributed by atoms with van der Waals surface area (Å²) in [5, 5.41) is 6.79. The van der Waals surface area contributed by atoms with E-state index in [1.165, 1.54) is 24.9 Å². The highest BCUT2D eigenvalue weighted by Gasteiger charge is 2.23. The lowest BCUT2D eigenvalue weighted by Crippen LogP contribution is -2.38. The molecule has 1 heterocycles. The molecule has 1 saturated heterocycles. The fourth-order valence-corrected chi connectivity index (χ4v) is 3.50. The first-order valence-electron chi connectivity index (χ1n) is 10.8. The second-order valence-electron chi connectivity index (χ2n) is 7.82. The number of hydrogen-bond donors (Lipinski definition) is 2. The monoisotopic (exact) mass is 516 g/mol. The number of methoxy groups -OCH3 is 1. The van der Waals surface area contributed by atoms with Crippen molar-refractivity contribution >= 4 is 35.6 Å². The predicted molar refractivity (Wildman–Crippen MR) is 131 cm³/mol. The molecule has 164 valence electrons. The number of hydrogen-bond acceptors (Lipinski definition) is 4. The van der Waals surface area contributed by atoms with Crippen molar-refractivity contribution in [1.82, 2.24) is 10.6 Å². The third kappa shape index (κ3) is 8.58. The average molecular weight is 516 g/mol. The van der Waals surface area contributed by atoms with Crippen molar-refractivity contribution < 1.29 is 9.47 Å². The Morgan fingerprint density at radius 2 is 2.07 bits per heavy atom. The normalized spacial score (nSPS) is 19.0. The number of guanidine groups is 1. The van der Waals surface area contributed by atoms with Gasteiger partial charge in [0.25, 0.3) is 0 Å². The molecule has 1 aliphatic carbocycles. The van der Waals surface area contributed by atoms with Crippen molar-refractivity contribution in [3.63, 3.8) is 0 Å². The Kier molecular flexibility index (Phi) is 10.9. The Morgan fingerprint density at radius 1 is 1.21 bits per heavy atom. The van der Waals surface area contributed by atoms with Crippen molar-refractivity contribution in [2.24, 2.45) is 16.8 Å². The van der Waals surface area contributed by atoms with Crippen LogP contribution in [0, 0.1) is 11.8 Å². The fourth-order valence-electron chi connectivity index (χ4n) is 3.50. The zero-order valence-corrected chi connectivity index (χ0v) is 20.2. The maximum Gasteiger partial charge on any atom is 0.191 e. The Bertz CT molecular complexity index is 625. The van der Waals surface area contributed by atoms with E-state index in [0.717, 1.165) is 70.0 Å². The molecule has 3 rings (SSSR count). The molecule has 1 aliphatic heterocycles. The van der Waals surface area contributed by atoms with Gasteiger partial charge in [0, 0.05) is 57.7 Å². The van der Waals surface area contributed by atoms with Gasteiger partial charge < -0.3 is 25.0 Å². The van der Waals surface area contributed by atoms with E-state index in [0.29, 0.717) is 5.92 Å². The Hall–Kier alpha value is -1.22. The summed E-state index contributed by atoms with van der Waals surface area (Å²) in [6.07, 6.45) is 4.90. The molecular weight excluding hydrogens is 479 g/mol. The van der Waals surface area contributed by atoms with E-state index >= 15 is 0 Å². The maximum atomic E-state index is 5.70. The predicted octanol–water partition coefficient (Wildman–Crippen LogP) is 3.51. The number of aliphatic imine (C=N–C) groups is 1. The first-order valence-corrected chi connectivity index (χ1v) is 10.8. The summed E-state index contributed by atoms with van der Waals surface area (Å²) in [5.41, 5.74) is 1.24. The molecule has 6 nitrogen and oxygen atoms in total. The van der Waals surface area contributed by atoms with Gasteiger partial charge in [0.1, 0.15) is 5.75 Å². The lowest BCUT2D eigenvalue weighted by atomic mass is 10.1. The summed E-state index contributed by atoms with van der Waals surface area (Å²) in [6.45, 7) is 8.65. The van der Waals surface area contributed by atoms with E-state index in [1.54, 1.807) is 7.11 Å². The molecule has 29 heavy (non-hydrogen) atoms. The second kappa shape index (κ2) is 13.2. The average Bonchev–Trinajstić information content (AvgIpc) is 3.43. The quantitative estimate of drug-likeness (QED) is 0.204. The van der Waals surface area contributed by atoms with Gasteiger partial charge in [0.15, 0.2) is 5.96 Å². The molecule has 2 aliphatic rings. The zero-order valence-electron chi connectivity index (χ0n) is 17.9. The minimum absolute atomic E-state index is 0. The first-order chi connectivity index (χ1) is 13.8. The van der Waals surface area contributed by atoms with Crippen molar-refractivity contribution in [3.05, 3.63) is 24.3 Å². The highest BCUT2D eigenvalue weighted by molar-refractivity contribution is 14.0. The van der Waals surface area contributed by atoms with Gasteiger partial charge in [-0.25, -0.2) is 0 Å². The van der Waals surface area contributed by atoms with Crippen molar-refractivity contribution in [3.8, 4) is 5.75 Å². The molecule has 1 saturated carbocycles. The van der Waals surface area contributed by atoms with Crippen LogP contribution in [0.3, 0.4) is 0 Å². The van der Waals surface area contributed by atoms with E-state index in [4.69, 9.17) is 14.5 Å². The van der Waals surface area contributed by atoms with E-state index in [1.807, 2.05) is 6.07 Å². The number of rotatable bonds is 11. The molecule has 0 bridgehead atoms.